The molecule has 0 radical (unpaired) electrons. The molecule has 1 aliphatic rings. The summed E-state index contributed by atoms with van der Waals surface area (Å²) in [6.07, 6.45) is 3.88. The fraction of sp³-hybridized carbons (Fsp3) is 0.381. The molecule has 3 rings (SSSR count). The number of benzene rings is 1. The third-order valence-corrected chi connectivity index (χ3v) is 5.02. The van der Waals surface area contributed by atoms with Crippen LogP contribution in [0, 0.1) is 5.92 Å². The molecule has 0 saturated carbocycles. The minimum Gasteiger partial charge on any atom is -0.497 e. The maximum absolute atomic E-state index is 12.9. The number of hydrogen-bond acceptors (Lipinski definition) is 4. The van der Waals surface area contributed by atoms with E-state index in [0.29, 0.717) is 26.1 Å². The molecular weight excluding hydrogens is 342 g/mol. The predicted octanol–water partition coefficient (Wildman–Crippen LogP) is 2.36. The lowest BCUT2D eigenvalue weighted by atomic mass is 9.88. The number of carbonyl (C=O) groups excluding carboxylic acids is 2. The number of aromatic nitrogens is 1. The fourth-order valence-electron chi connectivity index (χ4n) is 3.53. The van der Waals surface area contributed by atoms with Crippen molar-refractivity contribution in [2.75, 3.05) is 20.2 Å². The molecule has 2 atom stereocenters. The van der Waals surface area contributed by atoms with Gasteiger partial charge in [0, 0.05) is 44.4 Å². The summed E-state index contributed by atoms with van der Waals surface area (Å²) in [6, 6.07) is 11.5. The second-order valence-corrected chi connectivity index (χ2v) is 6.72. The van der Waals surface area contributed by atoms with Crippen LogP contribution in [0.25, 0.3) is 0 Å². The van der Waals surface area contributed by atoms with Gasteiger partial charge < -0.3 is 15.0 Å². The van der Waals surface area contributed by atoms with E-state index in [1.165, 1.54) is 0 Å². The van der Waals surface area contributed by atoms with Crippen LogP contribution in [-0.4, -0.2) is 41.9 Å². The summed E-state index contributed by atoms with van der Waals surface area (Å²) in [4.78, 5) is 31.0. The van der Waals surface area contributed by atoms with Crippen molar-refractivity contribution in [3.63, 3.8) is 0 Å². The third kappa shape index (κ3) is 4.45. The Morgan fingerprint density at radius 2 is 2.11 bits per heavy atom. The highest BCUT2D eigenvalue weighted by molar-refractivity contribution is 5.83. The number of pyridine rings is 1. The van der Waals surface area contributed by atoms with E-state index in [4.69, 9.17) is 4.74 Å². The molecule has 1 saturated heterocycles. The van der Waals surface area contributed by atoms with Crippen molar-refractivity contribution in [1.82, 2.24) is 15.2 Å². The van der Waals surface area contributed by atoms with Crippen molar-refractivity contribution in [2.24, 2.45) is 5.92 Å². The van der Waals surface area contributed by atoms with Gasteiger partial charge in [-0.3, -0.25) is 14.6 Å². The second-order valence-electron chi connectivity index (χ2n) is 6.72. The molecule has 0 unspecified atom stereocenters. The van der Waals surface area contributed by atoms with Crippen molar-refractivity contribution in [3.05, 3.63) is 59.9 Å². The lowest BCUT2D eigenvalue weighted by molar-refractivity contribution is -0.130. The van der Waals surface area contributed by atoms with Crippen LogP contribution in [0.1, 0.15) is 30.4 Å². The molecule has 6 heteroatoms. The summed E-state index contributed by atoms with van der Waals surface area (Å²) in [5.41, 5.74) is 1.96. The zero-order valence-electron chi connectivity index (χ0n) is 15.7. The van der Waals surface area contributed by atoms with Gasteiger partial charge in [-0.25, -0.2) is 0 Å². The van der Waals surface area contributed by atoms with Crippen LogP contribution >= 0.6 is 0 Å². The fourth-order valence-corrected chi connectivity index (χ4v) is 3.53. The second kappa shape index (κ2) is 8.66. The molecule has 1 aliphatic heterocycles. The first-order valence-corrected chi connectivity index (χ1v) is 9.20. The summed E-state index contributed by atoms with van der Waals surface area (Å²) in [5, 5.41) is 3.00. The Kier molecular flexibility index (Phi) is 6.06. The number of rotatable bonds is 6. The molecule has 0 spiro atoms. The summed E-state index contributed by atoms with van der Waals surface area (Å²) in [6.45, 7) is 3.26. The largest absolute Gasteiger partial charge is 0.497 e. The molecule has 1 N–H and O–H groups in total. The van der Waals surface area contributed by atoms with Gasteiger partial charge in [-0.1, -0.05) is 25.1 Å². The van der Waals surface area contributed by atoms with E-state index in [0.717, 1.165) is 16.9 Å². The molecule has 1 fully saturated rings. The predicted molar refractivity (Wildman–Crippen MR) is 102 cm³/mol. The smallest absolute Gasteiger partial charge is 0.225 e. The Hall–Kier alpha value is -2.89. The topological polar surface area (TPSA) is 71.5 Å². The molecule has 2 heterocycles. The lowest BCUT2D eigenvalue weighted by Crippen LogP contribution is -2.35. The zero-order chi connectivity index (χ0) is 19.2. The number of nitrogens with one attached hydrogen (secondary N) is 1. The van der Waals surface area contributed by atoms with Gasteiger partial charge in [-0.2, -0.15) is 0 Å². The van der Waals surface area contributed by atoms with Gasteiger partial charge in [0.2, 0.25) is 11.8 Å². The third-order valence-electron chi connectivity index (χ3n) is 5.02. The molecule has 2 amide bonds. The van der Waals surface area contributed by atoms with E-state index in [1.807, 2.05) is 43.3 Å². The van der Waals surface area contributed by atoms with Gasteiger partial charge in [0.25, 0.3) is 0 Å². The molecule has 6 nitrogen and oxygen atoms in total. The minimum absolute atomic E-state index is 0.0434. The highest BCUT2D eigenvalue weighted by Gasteiger charge is 2.39. The van der Waals surface area contributed by atoms with E-state index in [2.05, 4.69) is 10.3 Å². The molecule has 27 heavy (non-hydrogen) atoms. The summed E-state index contributed by atoms with van der Waals surface area (Å²) in [5.74, 6) is 0.444. The summed E-state index contributed by atoms with van der Waals surface area (Å²) >= 11 is 0. The number of ether oxygens (including phenoxy) is 1. The molecule has 1 aromatic carbocycles. The zero-order valence-corrected chi connectivity index (χ0v) is 15.7. The van der Waals surface area contributed by atoms with Crippen LogP contribution in [0.5, 0.6) is 5.75 Å². The molecule has 142 valence electrons. The normalized spacial score (nSPS) is 19.0. The van der Waals surface area contributed by atoms with Crippen LogP contribution in [0.15, 0.2) is 48.8 Å². The van der Waals surface area contributed by atoms with Crippen molar-refractivity contribution in [1.29, 1.82) is 0 Å². The van der Waals surface area contributed by atoms with Gasteiger partial charge in [0.15, 0.2) is 0 Å². The summed E-state index contributed by atoms with van der Waals surface area (Å²) < 4.78 is 5.32. The first-order chi connectivity index (χ1) is 13.1. The number of carbonyl (C=O) groups is 2. The highest BCUT2D eigenvalue weighted by atomic mass is 16.5. The van der Waals surface area contributed by atoms with Crippen LogP contribution in [0.3, 0.4) is 0 Å². The van der Waals surface area contributed by atoms with Crippen LogP contribution in [0.4, 0.5) is 0 Å². The van der Waals surface area contributed by atoms with Crippen LogP contribution in [0.2, 0.25) is 0 Å². The molecule has 2 aromatic rings. The molecular formula is C21H25N3O3. The number of nitrogens with zero attached hydrogens (tertiary/aromatic N) is 2. The number of amides is 2. The standard InChI is InChI=1S/C21H25N3O3/c1-3-20(25)24-13-18(16-7-4-8-17(10-16)27-2)19(14-24)21(26)23-12-15-6-5-9-22-11-15/h4-11,18-19H,3,12-14H2,1-2H3,(H,23,26)/t18-,19+/m1/s1. The van der Waals surface area contributed by atoms with E-state index in [1.54, 1.807) is 24.4 Å². The monoisotopic (exact) mass is 367 g/mol. The number of likely N-dealkylation sites (tertiary alicyclic amines) is 1. The Morgan fingerprint density at radius 3 is 2.81 bits per heavy atom. The maximum atomic E-state index is 12.9. The van der Waals surface area contributed by atoms with Gasteiger partial charge in [-0.15, -0.1) is 0 Å². The average Bonchev–Trinajstić information content (AvgIpc) is 3.18. The Morgan fingerprint density at radius 1 is 1.26 bits per heavy atom. The van der Waals surface area contributed by atoms with Crippen LogP contribution < -0.4 is 10.1 Å². The molecule has 1 aromatic heterocycles. The Labute approximate surface area is 159 Å². The van der Waals surface area contributed by atoms with Crippen molar-refractivity contribution < 1.29 is 14.3 Å². The van der Waals surface area contributed by atoms with E-state index < -0.39 is 0 Å². The van der Waals surface area contributed by atoms with Crippen molar-refractivity contribution in [3.8, 4) is 5.75 Å². The maximum Gasteiger partial charge on any atom is 0.225 e. The first-order valence-electron chi connectivity index (χ1n) is 9.20. The van der Waals surface area contributed by atoms with Gasteiger partial charge in [-0.05, 0) is 29.3 Å². The summed E-state index contributed by atoms with van der Waals surface area (Å²) in [7, 11) is 1.62. The SMILES string of the molecule is CCC(=O)N1C[C@H](C(=O)NCc2cccnc2)[C@@H](c2cccc(OC)c2)C1. The quantitative estimate of drug-likeness (QED) is 0.851. The van der Waals surface area contributed by atoms with Crippen LogP contribution in [-0.2, 0) is 16.1 Å². The van der Waals surface area contributed by atoms with E-state index in [-0.39, 0.29) is 23.7 Å². The highest BCUT2D eigenvalue weighted by Crippen LogP contribution is 2.34. The number of methoxy groups -OCH3 is 1. The van der Waals surface area contributed by atoms with Gasteiger partial charge in [0.05, 0.1) is 13.0 Å². The first kappa shape index (κ1) is 18.9. The van der Waals surface area contributed by atoms with Crippen molar-refractivity contribution >= 4 is 11.8 Å². The van der Waals surface area contributed by atoms with E-state index in [9.17, 15) is 9.59 Å². The molecule has 0 aliphatic carbocycles. The van der Waals surface area contributed by atoms with E-state index >= 15 is 0 Å². The molecule has 0 bridgehead atoms. The lowest BCUT2D eigenvalue weighted by Gasteiger charge is -2.18. The average molecular weight is 367 g/mol. The number of hydrogen-bond donors (Lipinski definition) is 1. The van der Waals surface area contributed by atoms with Crippen molar-refractivity contribution in [2.45, 2.75) is 25.8 Å². The van der Waals surface area contributed by atoms with Gasteiger partial charge >= 0.3 is 0 Å². The Bertz CT molecular complexity index is 794. The minimum atomic E-state index is -0.288. The Balaban J connectivity index is 1.78. The van der Waals surface area contributed by atoms with Gasteiger partial charge in [0.1, 0.15) is 5.75 Å².